The molecule has 0 aliphatic carbocycles. The number of imidazole rings is 1. The molecule has 1 aliphatic rings. The molecule has 4 aromatic rings. The molecule has 4 aromatic heterocycles. The van der Waals surface area contributed by atoms with E-state index >= 15 is 0 Å². The Balaban J connectivity index is 1.57. The number of alkyl halides is 1. The van der Waals surface area contributed by atoms with Gasteiger partial charge in [0.2, 0.25) is 0 Å². The van der Waals surface area contributed by atoms with Crippen molar-refractivity contribution in [1.82, 2.24) is 29.5 Å². The number of hydrogen-bond donors (Lipinski definition) is 2. The van der Waals surface area contributed by atoms with E-state index in [2.05, 4.69) is 25.0 Å². The molecule has 11 heteroatoms. The number of fused-ring (bicyclic) bond motifs is 1. The van der Waals surface area contributed by atoms with Crippen molar-refractivity contribution in [2.45, 2.75) is 25.1 Å². The van der Waals surface area contributed by atoms with E-state index in [-0.39, 0.29) is 25.1 Å². The van der Waals surface area contributed by atoms with Crippen LogP contribution in [0, 0.1) is 5.82 Å². The first-order valence-corrected chi connectivity index (χ1v) is 10.1. The van der Waals surface area contributed by atoms with Gasteiger partial charge in [-0.3, -0.25) is 4.79 Å². The Bertz CT molecular complexity index is 1340. The largest absolute Gasteiger partial charge is 0.396 e. The number of rotatable bonds is 5. The average molecular weight is 439 g/mol. The van der Waals surface area contributed by atoms with Crippen LogP contribution < -0.4 is 10.5 Å². The molecule has 0 aromatic carbocycles. The summed E-state index contributed by atoms with van der Waals surface area (Å²) in [5, 5.41) is 13.8. The molecule has 5 rings (SSSR count). The fourth-order valence-electron chi connectivity index (χ4n) is 4.00. The van der Waals surface area contributed by atoms with Crippen LogP contribution in [0.15, 0.2) is 47.7 Å². The van der Waals surface area contributed by atoms with Crippen LogP contribution in [0.1, 0.15) is 23.7 Å². The zero-order valence-electron chi connectivity index (χ0n) is 16.8. The van der Waals surface area contributed by atoms with Crippen molar-refractivity contribution in [2.24, 2.45) is 0 Å². The Morgan fingerprint density at radius 2 is 2.12 bits per heavy atom. The van der Waals surface area contributed by atoms with E-state index in [9.17, 15) is 18.7 Å². The van der Waals surface area contributed by atoms with E-state index < -0.39 is 23.6 Å². The number of aliphatic hydroxyl groups is 1. The van der Waals surface area contributed by atoms with Gasteiger partial charge >= 0.3 is 0 Å². The molecular formula is C21H19F2N7O2. The highest BCUT2D eigenvalue weighted by atomic mass is 19.1. The molecule has 0 unspecified atom stereocenters. The number of anilines is 1. The van der Waals surface area contributed by atoms with Gasteiger partial charge in [0.05, 0.1) is 18.8 Å². The topological polar surface area (TPSA) is 112 Å². The van der Waals surface area contributed by atoms with Gasteiger partial charge in [0.25, 0.3) is 5.56 Å². The molecule has 0 radical (unpaired) electrons. The number of aliphatic hydroxyl groups excluding tert-OH is 1. The molecular weight excluding hydrogens is 420 g/mol. The lowest BCUT2D eigenvalue weighted by atomic mass is 10.1. The Morgan fingerprint density at radius 1 is 1.25 bits per heavy atom. The maximum atomic E-state index is 14.4. The first-order valence-electron chi connectivity index (χ1n) is 10.1. The van der Waals surface area contributed by atoms with Gasteiger partial charge in [0, 0.05) is 43.1 Å². The monoisotopic (exact) mass is 439 g/mol. The molecule has 1 aliphatic heterocycles. The van der Waals surface area contributed by atoms with Gasteiger partial charge in [-0.05, 0) is 24.3 Å². The summed E-state index contributed by atoms with van der Waals surface area (Å²) in [6.45, 7) is -0.0163. The van der Waals surface area contributed by atoms with Crippen molar-refractivity contribution in [3.05, 3.63) is 70.3 Å². The van der Waals surface area contributed by atoms with E-state index in [1.165, 1.54) is 0 Å². The third-order valence-corrected chi connectivity index (χ3v) is 5.46. The van der Waals surface area contributed by atoms with Crippen molar-refractivity contribution in [2.75, 3.05) is 18.1 Å². The van der Waals surface area contributed by atoms with Gasteiger partial charge in [-0.1, -0.05) is 0 Å². The Hall–Kier alpha value is -3.73. The van der Waals surface area contributed by atoms with E-state index in [4.69, 9.17) is 0 Å². The summed E-state index contributed by atoms with van der Waals surface area (Å²) in [6, 6.07) is 5.60. The summed E-state index contributed by atoms with van der Waals surface area (Å²) in [4.78, 5) is 29.4. The number of halogens is 2. The highest BCUT2D eigenvalue weighted by molar-refractivity contribution is 5.58. The summed E-state index contributed by atoms with van der Waals surface area (Å²) in [5.74, 6) is 0.204. The molecule has 9 nitrogen and oxygen atoms in total. The minimum absolute atomic E-state index is 0.0195. The minimum atomic E-state index is -1.19. The van der Waals surface area contributed by atoms with Crippen LogP contribution in [-0.4, -0.2) is 54.0 Å². The molecule has 2 atom stereocenters. The molecule has 164 valence electrons. The summed E-state index contributed by atoms with van der Waals surface area (Å²) < 4.78 is 29.7. The normalized spacial score (nSPS) is 18.5. The zero-order valence-corrected chi connectivity index (χ0v) is 16.8. The van der Waals surface area contributed by atoms with Gasteiger partial charge in [-0.2, -0.15) is 0 Å². The minimum Gasteiger partial charge on any atom is -0.396 e. The number of aromatic amines is 1. The third kappa shape index (κ3) is 3.60. The van der Waals surface area contributed by atoms with Crippen LogP contribution in [0.3, 0.4) is 0 Å². The van der Waals surface area contributed by atoms with Gasteiger partial charge < -0.3 is 15.0 Å². The molecule has 32 heavy (non-hydrogen) atoms. The lowest BCUT2D eigenvalue weighted by Crippen LogP contribution is -2.29. The van der Waals surface area contributed by atoms with Gasteiger partial charge in [-0.15, -0.1) is 5.10 Å². The van der Waals surface area contributed by atoms with E-state index in [0.717, 1.165) is 12.3 Å². The fourth-order valence-corrected chi connectivity index (χ4v) is 4.00. The molecule has 5 heterocycles. The predicted molar refractivity (Wildman–Crippen MR) is 111 cm³/mol. The molecule has 1 fully saturated rings. The Morgan fingerprint density at radius 3 is 2.97 bits per heavy atom. The lowest BCUT2D eigenvalue weighted by molar-refractivity contribution is 0.298. The van der Waals surface area contributed by atoms with Crippen molar-refractivity contribution >= 4 is 11.5 Å². The van der Waals surface area contributed by atoms with Crippen LogP contribution in [0.2, 0.25) is 0 Å². The van der Waals surface area contributed by atoms with E-state index in [1.54, 1.807) is 40.0 Å². The Labute approximate surface area is 180 Å². The molecule has 0 bridgehead atoms. The van der Waals surface area contributed by atoms with Gasteiger partial charge in [0.1, 0.15) is 23.5 Å². The Kier molecular flexibility index (Phi) is 5.10. The van der Waals surface area contributed by atoms with Crippen LogP contribution in [0.4, 0.5) is 14.6 Å². The zero-order chi connectivity index (χ0) is 22.2. The molecule has 2 N–H and O–H groups in total. The SMILES string of the molecule is O=c1[nH]cc(F)cc1[C@H]1C[C@H](F)CN1c1ccc2ncc(-c3nccc(CCO)n3)n2n1. The van der Waals surface area contributed by atoms with Gasteiger partial charge in [-0.25, -0.2) is 28.2 Å². The van der Waals surface area contributed by atoms with Crippen LogP contribution >= 0.6 is 0 Å². The molecule has 0 spiro atoms. The van der Waals surface area contributed by atoms with Crippen molar-refractivity contribution in [3.63, 3.8) is 0 Å². The number of nitrogens with one attached hydrogen (secondary N) is 1. The first kappa shape index (κ1) is 20.2. The number of aromatic nitrogens is 6. The highest BCUT2D eigenvalue weighted by Crippen LogP contribution is 2.35. The van der Waals surface area contributed by atoms with Gasteiger partial charge in [0.15, 0.2) is 11.5 Å². The van der Waals surface area contributed by atoms with E-state index in [1.807, 2.05) is 0 Å². The van der Waals surface area contributed by atoms with Crippen molar-refractivity contribution < 1.29 is 13.9 Å². The van der Waals surface area contributed by atoms with E-state index in [0.29, 0.717) is 35.1 Å². The summed E-state index contributed by atoms with van der Waals surface area (Å²) >= 11 is 0. The van der Waals surface area contributed by atoms with Crippen LogP contribution in [0.5, 0.6) is 0 Å². The smallest absolute Gasteiger partial charge is 0.253 e. The summed E-state index contributed by atoms with van der Waals surface area (Å²) in [7, 11) is 0. The number of H-pyrrole nitrogens is 1. The summed E-state index contributed by atoms with van der Waals surface area (Å²) in [6.07, 6.45) is 3.40. The van der Waals surface area contributed by atoms with Crippen molar-refractivity contribution in [3.8, 4) is 11.5 Å². The quantitative estimate of drug-likeness (QED) is 0.488. The number of nitrogens with zero attached hydrogens (tertiary/aromatic N) is 6. The summed E-state index contributed by atoms with van der Waals surface area (Å²) in [5.41, 5.74) is 1.43. The predicted octanol–water partition coefficient (Wildman–Crippen LogP) is 1.84. The van der Waals surface area contributed by atoms with Crippen molar-refractivity contribution in [1.29, 1.82) is 0 Å². The molecule has 0 saturated carbocycles. The van der Waals surface area contributed by atoms with Crippen LogP contribution in [0.25, 0.3) is 17.2 Å². The average Bonchev–Trinajstić information content (AvgIpc) is 3.39. The number of pyridine rings is 1. The fraction of sp³-hybridized carbons (Fsp3) is 0.286. The molecule has 0 amide bonds. The highest BCUT2D eigenvalue weighted by Gasteiger charge is 2.36. The van der Waals surface area contributed by atoms with Crippen LogP contribution in [-0.2, 0) is 6.42 Å². The maximum Gasteiger partial charge on any atom is 0.253 e. The first-order chi connectivity index (χ1) is 15.5. The second-order valence-corrected chi connectivity index (χ2v) is 7.55. The molecule has 1 saturated heterocycles. The maximum absolute atomic E-state index is 14.4. The third-order valence-electron chi connectivity index (χ3n) is 5.46. The number of hydrogen-bond acceptors (Lipinski definition) is 7. The second-order valence-electron chi connectivity index (χ2n) is 7.55. The lowest BCUT2D eigenvalue weighted by Gasteiger charge is -2.25. The second kappa shape index (κ2) is 8.08. The standard InChI is InChI=1S/C21H19F2N7O2/c22-12-7-15(21(32)26-9-12)16-8-13(23)11-29(16)19-2-1-18-25-10-17(30(18)28-19)20-24-5-3-14(27-20)4-6-31/h1-3,5,7,9-10,13,16,31H,4,6,8,11H2,(H,26,32)/t13-,16+/m0/s1.